The Morgan fingerprint density at radius 3 is 2.73 bits per heavy atom. The number of nitrogens with two attached hydrogens (primary N) is 1. The third kappa shape index (κ3) is 4.51. The molecule has 0 aliphatic carbocycles. The Morgan fingerprint density at radius 1 is 1.47 bits per heavy atom. The number of guanidine groups is 1. The van der Waals surface area contributed by atoms with Crippen LogP contribution >= 0.6 is 0 Å². The maximum absolute atomic E-state index is 5.73. The minimum Gasteiger partial charge on any atom is -0.370 e. The Balaban J connectivity index is 2.21. The monoisotopic (exact) mass is 212 g/mol. The minimum atomic E-state index is 0.523. The van der Waals surface area contributed by atoms with E-state index in [0.717, 1.165) is 19.5 Å². The van der Waals surface area contributed by atoms with Crippen LogP contribution in [-0.4, -0.2) is 43.1 Å². The fourth-order valence-electron chi connectivity index (χ4n) is 1.84. The molecule has 1 fully saturated rings. The number of likely N-dealkylation sites (tertiary alicyclic amines) is 1. The van der Waals surface area contributed by atoms with Gasteiger partial charge in [0.2, 0.25) is 0 Å². The zero-order chi connectivity index (χ0) is 11.1. The van der Waals surface area contributed by atoms with Crippen molar-refractivity contribution in [3.05, 3.63) is 0 Å². The molecule has 1 heterocycles. The van der Waals surface area contributed by atoms with Gasteiger partial charge in [0.25, 0.3) is 0 Å². The minimum absolute atomic E-state index is 0.523. The predicted octanol–water partition coefficient (Wildman–Crippen LogP) is 0.785. The molecule has 0 amide bonds. The molecule has 0 bridgehead atoms. The standard InChI is InChI=1S/C11H24N4/c1-3-6-13-11(12)14-9-10(2)15-7-4-5-8-15/h10H,3-9H2,1-2H3,(H3,12,13,14). The molecule has 1 atom stereocenters. The lowest BCUT2D eigenvalue weighted by Crippen LogP contribution is -2.36. The summed E-state index contributed by atoms with van der Waals surface area (Å²) in [5.74, 6) is 0.586. The van der Waals surface area contributed by atoms with Gasteiger partial charge >= 0.3 is 0 Å². The molecule has 1 unspecified atom stereocenters. The van der Waals surface area contributed by atoms with E-state index >= 15 is 0 Å². The van der Waals surface area contributed by atoms with E-state index in [1.807, 2.05) is 0 Å². The first-order chi connectivity index (χ1) is 7.24. The summed E-state index contributed by atoms with van der Waals surface area (Å²) >= 11 is 0. The largest absolute Gasteiger partial charge is 0.370 e. The molecule has 1 saturated heterocycles. The maximum atomic E-state index is 5.73. The van der Waals surface area contributed by atoms with E-state index in [-0.39, 0.29) is 0 Å². The van der Waals surface area contributed by atoms with Gasteiger partial charge in [-0.05, 0) is 39.3 Å². The molecular formula is C11H24N4. The molecule has 1 rings (SSSR count). The average Bonchev–Trinajstić information content (AvgIpc) is 2.76. The van der Waals surface area contributed by atoms with Gasteiger partial charge in [-0.3, -0.25) is 9.89 Å². The van der Waals surface area contributed by atoms with Crippen LogP contribution in [0.2, 0.25) is 0 Å². The Kier molecular flexibility index (Phi) is 5.47. The highest BCUT2D eigenvalue weighted by atomic mass is 15.2. The van der Waals surface area contributed by atoms with Gasteiger partial charge < -0.3 is 11.1 Å². The van der Waals surface area contributed by atoms with E-state index < -0.39 is 0 Å². The SMILES string of the molecule is CCCNC(N)=NCC(C)N1CCCC1. The van der Waals surface area contributed by atoms with Gasteiger partial charge in [-0.2, -0.15) is 0 Å². The highest BCUT2D eigenvalue weighted by Crippen LogP contribution is 2.11. The summed E-state index contributed by atoms with van der Waals surface area (Å²) in [6.07, 6.45) is 3.74. The molecule has 0 radical (unpaired) electrons. The average molecular weight is 212 g/mol. The molecule has 0 aromatic heterocycles. The van der Waals surface area contributed by atoms with Crippen LogP contribution in [0.25, 0.3) is 0 Å². The molecule has 0 spiro atoms. The first-order valence-electron chi connectivity index (χ1n) is 6.02. The van der Waals surface area contributed by atoms with Crippen LogP contribution in [0.1, 0.15) is 33.1 Å². The van der Waals surface area contributed by atoms with E-state index in [1.165, 1.54) is 25.9 Å². The highest BCUT2D eigenvalue weighted by Gasteiger charge is 2.17. The number of nitrogens with one attached hydrogen (secondary N) is 1. The van der Waals surface area contributed by atoms with Crippen molar-refractivity contribution in [1.82, 2.24) is 10.2 Å². The van der Waals surface area contributed by atoms with Crippen molar-refractivity contribution in [3.63, 3.8) is 0 Å². The molecule has 4 nitrogen and oxygen atoms in total. The van der Waals surface area contributed by atoms with E-state index in [0.29, 0.717) is 12.0 Å². The van der Waals surface area contributed by atoms with Crippen LogP contribution < -0.4 is 11.1 Å². The van der Waals surface area contributed by atoms with Gasteiger partial charge in [-0.25, -0.2) is 0 Å². The molecule has 15 heavy (non-hydrogen) atoms. The van der Waals surface area contributed by atoms with Gasteiger partial charge in [0.15, 0.2) is 5.96 Å². The van der Waals surface area contributed by atoms with Crippen molar-refractivity contribution in [3.8, 4) is 0 Å². The molecular weight excluding hydrogens is 188 g/mol. The van der Waals surface area contributed by atoms with Crippen molar-refractivity contribution in [1.29, 1.82) is 0 Å². The van der Waals surface area contributed by atoms with Gasteiger partial charge in [0.1, 0.15) is 0 Å². The highest BCUT2D eigenvalue weighted by molar-refractivity contribution is 5.77. The summed E-state index contributed by atoms with van der Waals surface area (Å²) in [7, 11) is 0. The first kappa shape index (κ1) is 12.3. The molecule has 0 aromatic carbocycles. The van der Waals surface area contributed by atoms with Crippen LogP contribution in [0.3, 0.4) is 0 Å². The lowest BCUT2D eigenvalue weighted by molar-refractivity contribution is 0.265. The van der Waals surface area contributed by atoms with Crippen LogP contribution in [0.5, 0.6) is 0 Å². The number of aliphatic imine (C=N–C) groups is 1. The van der Waals surface area contributed by atoms with E-state index in [1.54, 1.807) is 0 Å². The topological polar surface area (TPSA) is 53.6 Å². The molecule has 1 aliphatic heterocycles. The Labute approximate surface area is 92.9 Å². The molecule has 3 N–H and O–H groups in total. The summed E-state index contributed by atoms with van der Waals surface area (Å²) in [4.78, 5) is 6.83. The number of hydrogen-bond acceptors (Lipinski definition) is 2. The van der Waals surface area contributed by atoms with Crippen LogP contribution in [0, 0.1) is 0 Å². The second-order valence-corrected chi connectivity index (χ2v) is 4.24. The predicted molar refractivity (Wildman–Crippen MR) is 65.1 cm³/mol. The summed E-state index contributed by atoms with van der Waals surface area (Å²) < 4.78 is 0. The molecule has 0 saturated carbocycles. The van der Waals surface area contributed by atoms with Crippen LogP contribution in [0.15, 0.2) is 4.99 Å². The van der Waals surface area contributed by atoms with Crippen molar-refractivity contribution in [2.45, 2.75) is 39.2 Å². The molecule has 4 heteroatoms. The number of hydrogen-bond donors (Lipinski definition) is 2. The van der Waals surface area contributed by atoms with E-state index in [9.17, 15) is 0 Å². The molecule has 1 aliphatic rings. The van der Waals surface area contributed by atoms with Crippen LogP contribution in [0.4, 0.5) is 0 Å². The fourth-order valence-corrected chi connectivity index (χ4v) is 1.84. The Morgan fingerprint density at radius 2 is 2.13 bits per heavy atom. The maximum Gasteiger partial charge on any atom is 0.188 e. The summed E-state index contributed by atoms with van der Waals surface area (Å²) in [6, 6.07) is 0.523. The van der Waals surface area contributed by atoms with Crippen LogP contribution in [-0.2, 0) is 0 Å². The van der Waals surface area contributed by atoms with Crippen molar-refractivity contribution in [2.75, 3.05) is 26.2 Å². The fraction of sp³-hybridized carbons (Fsp3) is 0.909. The summed E-state index contributed by atoms with van der Waals surface area (Å²) in [5, 5.41) is 3.09. The smallest absolute Gasteiger partial charge is 0.188 e. The van der Waals surface area contributed by atoms with Gasteiger partial charge in [0, 0.05) is 12.6 Å². The normalized spacial score (nSPS) is 20.5. The van der Waals surface area contributed by atoms with Gasteiger partial charge in [-0.15, -0.1) is 0 Å². The Bertz CT molecular complexity index is 197. The van der Waals surface area contributed by atoms with Crippen molar-refractivity contribution >= 4 is 5.96 Å². The third-order valence-electron chi connectivity index (χ3n) is 2.85. The first-order valence-corrected chi connectivity index (χ1v) is 6.02. The second-order valence-electron chi connectivity index (χ2n) is 4.24. The lowest BCUT2D eigenvalue weighted by atomic mass is 10.3. The third-order valence-corrected chi connectivity index (χ3v) is 2.85. The summed E-state index contributed by atoms with van der Waals surface area (Å²) in [6.45, 7) is 8.50. The van der Waals surface area contributed by atoms with Crippen molar-refractivity contribution < 1.29 is 0 Å². The zero-order valence-electron chi connectivity index (χ0n) is 10.00. The zero-order valence-corrected chi connectivity index (χ0v) is 10.00. The lowest BCUT2D eigenvalue weighted by Gasteiger charge is -2.21. The Hall–Kier alpha value is -0.770. The van der Waals surface area contributed by atoms with Gasteiger partial charge in [0.05, 0.1) is 6.54 Å². The van der Waals surface area contributed by atoms with E-state index in [4.69, 9.17) is 5.73 Å². The van der Waals surface area contributed by atoms with E-state index in [2.05, 4.69) is 29.1 Å². The van der Waals surface area contributed by atoms with Gasteiger partial charge in [-0.1, -0.05) is 6.92 Å². The quantitative estimate of drug-likeness (QED) is 0.523. The summed E-state index contributed by atoms with van der Waals surface area (Å²) in [5.41, 5.74) is 5.73. The second kappa shape index (κ2) is 6.67. The number of nitrogens with zero attached hydrogens (tertiary/aromatic N) is 2. The van der Waals surface area contributed by atoms with Crippen molar-refractivity contribution in [2.24, 2.45) is 10.7 Å². The molecule has 88 valence electrons. The molecule has 0 aromatic rings. The number of rotatable bonds is 5.